The summed E-state index contributed by atoms with van der Waals surface area (Å²) in [5, 5.41) is 1.89. The number of aromatic nitrogens is 2. The van der Waals surface area contributed by atoms with Crippen LogP contribution in [0.25, 0.3) is 10.2 Å². The molecule has 0 bridgehead atoms. The van der Waals surface area contributed by atoms with Crippen LogP contribution in [0, 0.1) is 10.7 Å². The molecule has 2 rings (SSSR count). The smallest absolute Gasteiger partial charge is 0.272 e. The fourth-order valence-electron chi connectivity index (χ4n) is 1.75. The normalized spacial score (nSPS) is 11.5. The van der Waals surface area contributed by atoms with E-state index in [4.69, 9.17) is 17.0 Å². The van der Waals surface area contributed by atoms with Crippen molar-refractivity contribution in [1.82, 2.24) is 9.55 Å². The summed E-state index contributed by atoms with van der Waals surface area (Å²) in [6.07, 6.45) is 1.03. The summed E-state index contributed by atoms with van der Waals surface area (Å²) in [7, 11) is 0. The molecule has 4 nitrogen and oxygen atoms in total. The van der Waals surface area contributed by atoms with Crippen LogP contribution in [0.4, 0.5) is 0 Å². The number of fused-ring (bicyclic) bond motifs is 1. The Labute approximate surface area is 121 Å². The maximum atomic E-state index is 12.2. The highest BCUT2D eigenvalue weighted by Crippen LogP contribution is 2.13. The van der Waals surface area contributed by atoms with Gasteiger partial charge in [-0.15, -0.1) is 11.3 Å². The Morgan fingerprint density at radius 2 is 2.26 bits per heavy atom. The molecule has 1 N–H and O–H groups in total. The molecule has 2 heterocycles. The minimum absolute atomic E-state index is 0.0267. The Balaban J connectivity index is 2.04. The molecular weight excluding hydrogens is 280 g/mol. The maximum Gasteiger partial charge on any atom is 0.272 e. The lowest BCUT2D eigenvalue weighted by molar-refractivity contribution is 0.115. The third kappa shape index (κ3) is 3.52. The van der Waals surface area contributed by atoms with E-state index in [1.54, 1.807) is 4.57 Å². The molecule has 0 aliphatic rings. The third-order valence-corrected chi connectivity index (χ3v) is 4.11. The molecule has 0 fully saturated rings. The van der Waals surface area contributed by atoms with E-state index in [2.05, 4.69) is 18.8 Å². The van der Waals surface area contributed by atoms with Gasteiger partial charge in [-0.1, -0.05) is 13.8 Å². The van der Waals surface area contributed by atoms with E-state index in [1.165, 1.54) is 11.3 Å². The molecule has 104 valence electrons. The van der Waals surface area contributed by atoms with E-state index in [1.807, 2.05) is 11.4 Å². The van der Waals surface area contributed by atoms with E-state index < -0.39 is 0 Å². The van der Waals surface area contributed by atoms with Gasteiger partial charge in [0.1, 0.15) is 4.70 Å². The van der Waals surface area contributed by atoms with Crippen molar-refractivity contribution in [2.75, 3.05) is 13.2 Å². The number of aromatic amines is 1. The van der Waals surface area contributed by atoms with Crippen LogP contribution in [-0.2, 0) is 11.3 Å². The molecule has 0 atom stereocenters. The minimum atomic E-state index is -0.0267. The SMILES string of the molecule is CC(C)CCOCCn1c(=S)[nH]c2ccsc2c1=O. The van der Waals surface area contributed by atoms with E-state index >= 15 is 0 Å². The summed E-state index contributed by atoms with van der Waals surface area (Å²) in [4.78, 5) is 15.3. The summed E-state index contributed by atoms with van der Waals surface area (Å²) in [6, 6.07) is 1.88. The number of H-pyrrole nitrogens is 1. The predicted molar refractivity (Wildman–Crippen MR) is 81.5 cm³/mol. The maximum absolute atomic E-state index is 12.2. The number of nitrogens with one attached hydrogen (secondary N) is 1. The van der Waals surface area contributed by atoms with Crippen molar-refractivity contribution in [3.63, 3.8) is 0 Å². The summed E-state index contributed by atoms with van der Waals surface area (Å²) < 4.78 is 8.29. The Morgan fingerprint density at radius 1 is 1.47 bits per heavy atom. The molecule has 6 heteroatoms. The first-order valence-electron chi connectivity index (χ1n) is 6.37. The number of nitrogens with zero attached hydrogens (tertiary/aromatic N) is 1. The van der Waals surface area contributed by atoms with Gasteiger partial charge in [-0.05, 0) is 36.0 Å². The lowest BCUT2D eigenvalue weighted by Crippen LogP contribution is -2.23. The lowest BCUT2D eigenvalue weighted by Gasteiger charge is -2.08. The highest BCUT2D eigenvalue weighted by molar-refractivity contribution is 7.71. The second kappa shape index (κ2) is 6.45. The van der Waals surface area contributed by atoms with Crippen molar-refractivity contribution in [1.29, 1.82) is 0 Å². The van der Waals surface area contributed by atoms with Gasteiger partial charge in [0.15, 0.2) is 4.77 Å². The van der Waals surface area contributed by atoms with Gasteiger partial charge in [0.05, 0.1) is 18.7 Å². The monoisotopic (exact) mass is 298 g/mol. The van der Waals surface area contributed by atoms with E-state index in [0.29, 0.717) is 23.8 Å². The zero-order chi connectivity index (χ0) is 13.8. The fraction of sp³-hybridized carbons (Fsp3) is 0.538. The van der Waals surface area contributed by atoms with Gasteiger partial charge in [-0.2, -0.15) is 0 Å². The average Bonchev–Trinajstić information content (AvgIpc) is 2.80. The van der Waals surface area contributed by atoms with Crippen molar-refractivity contribution in [3.8, 4) is 0 Å². The fourth-order valence-corrected chi connectivity index (χ4v) is 2.83. The van der Waals surface area contributed by atoms with Crippen LogP contribution in [0.5, 0.6) is 0 Å². The molecule has 0 amide bonds. The molecular formula is C13H18N2O2S2. The number of thiophene rings is 1. The standard InChI is InChI=1S/C13H18N2O2S2/c1-9(2)3-6-17-7-5-15-12(16)11-10(4-8-19-11)14-13(15)18/h4,8-9H,3,5-7H2,1-2H3,(H,14,18). The highest BCUT2D eigenvalue weighted by Gasteiger charge is 2.06. The second-order valence-electron chi connectivity index (χ2n) is 4.85. The van der Waals surface area contributed by atoms with Gasteiger partial charge in [-0.25, -0.2) is 0 Å². The number of rotatable bonds is 6. The van der Waals surface area contributed by atoms with Crippen LogP contribution in [-0.4, -0.2) is 22.8 Å². The third-order valence-electron chi connectivity index (χ3n) is 2.89. The van der Waals surface area contributed by atoms with Gasteiger partial charge >= 0.3 is 0 Å². The van der Waals surface area contributed by atoms with Crippen LogP contribution < -0.4 is 5.56 Å². The van der Waals surface area contributed by atoms with Crippen LogP contribution >= 0.6 is 23.6 Å². The van der Waals surface area contributed by atoms with Gasteiger partial charge in [0.25, 0.3) is 5.56 Å². The second-order valence-corrected chi connectivity index (χ2v) is 6.15. The topological polar surface area (TPSA) is 47.0 Å². The van der Waals surface area contributed by atoms with E-state index in [9.17, 15) is 4.79 Å². The Morgan fingerprint density at radius 3 is 3.00 bits per heavy atom. The van der Waals surface area contributed by atoms with Gasteiger partial charge in [-0.3, -0.25) is 9.36 Å². The quantitative estimate of drug-likeness (QED) is 0.658. The van der Waals surface area contributed by atoms with Crippen molar-refractivity contribution in [2.45, 2.75) is 26.8 Å². The molecule has 0 spiro atoms. The highest BCUT2D eigenvalue weighted by atomic mass is 32.1. The summed E-state index contributed by atoms with van der Waals surface area (Å²) in [6.45, 7) is 6.06. The molecule has 0 unspecified atom stereocenters. The minimum Gasteiger partial charge on any atom is -0.380 e. The van der Waals surface area contributed by atoms with Gasteiger partial charge in [0, 0.05) is 6.61 Å². The van der Waals surface area contributed by atoms with Crippen molar-refractivity contribution < 1.29 is 4.74 Å². The van der Waals surface area contributed by atoms with Crippen LogP contribution in [0.1, 0.15) is 20.3 Å². The summed E-state index contributed by atoms with van der Waals surface area (Å²) in [5.74, 6) is 0.632. The zero-order valence-electron chi connectivity index (χ0n) is 11.1. The predicted octanol–water partition coefficient (Wildman–Crippen LogP) is 3.18. The number of hydrogen-bond acceptors (Lipinski definition) is 4. The number of hydrogen-bond donors (Lipinski definition) is 1. The average molecular weight is 298 g/mol. The largest absolute Gasteiger partial charge is 0.380 e. The molecule has 0 radical (unpaired) electrons. The molecule has 2 aromatic heterocycles. The Hall–Kier alpha value is -0.980. The molecule has 0 saturated heterocycles. The lowest BCUT2D eigenvalue weighted by atomic mass is 10.1. The van der Waals surface area contributed by atoms with Gasteiger partial charge in [0.2, 0.25) is 0 Å². The summed E-state index contributed by atoms with van der Waals surface area (Å²) in [5.41, 5.74) is 0.790. The zero-order valence-corrected chi connectivity index (χ0v) is 12.8. The van der Waals surface area contributed by atoms with E-state index in [0.717, 1.165) is 23.2 Å². The van der Waals surface area contributed by atoms with Gasteiger partial charge < -0.3 is 9.72 Å². The molecule has 2 aromatic rings. The molecule has 0 aliphatic carbocycles. The van der Waals surface area contributed by atoms with Crippen LogP contribution in [0.2, 0.25) is 0 Å². The van der Waals surface area contributed by atoms with Crippen LogP contribution in [0.3, 0.4) is 0 Å². The van der Waals surface area contributed by atoms with Crippen molar-refractivity contribution in [3.05, 3.63) is 26.6 Å². The Kier molecular flexibility index (Phi) is 4.90. The Bertz CT molecular complexity index is 654. The van der Waals surface area contributed by atoms with Crippen molar-refractivity contribution >= 4 is 33.8 Å². The number of ether oxygens (including phenoxy) is 1. The van der Waals surface area contributed by atoms with Crippen LogP contribution in [0.15, 0.2) is 16.2 Å². The first-order chi connectivity index (χ1) is 9.09. The van der Waals surface area contributed by atoms with E-state index in [-0.39, 0.29) is 5.56 Å². The first kappa shape index (κ1) is 14.4. The summed E-state index contributed by atoms with van der Waals surface area (Å²) >= 11 is 6.64. The molecule has 0 saturated carbocycles. The van der Waals surface area contributed by atoms with Crippen molar-refractivity contribution in [2.24, 2.45) is 5.92 Å². The molecule has 0 aromatic carbocycles. The first-order valence-corrected chi connectivity index (χ1v) is 7.66. The molecule has 0 aliphatic heterocycles. The molecule has 19 heavy (non-hydrogen) atoms.